The van der Waals surface area contributed by atoms with Gasteiger partial charge in [0, 0.05) is 22.9 Å². The van der Waals surface area contributed by atoms with Crippen LogP contribution in [0.4, 0.5) is 0 Å². The number of hydrogen-bond donors (Lipinski definition) is 1. The number of carbonyl (C=O) groups is 3. The molecule has 1 fully saturated rings. The smallest absolute Gasteiger partial charge is 0.355 e. The molecule has 1 aliphatic carbocycles. The van der Waals surface area contributed by atoms with Crippen LogP contribution in [0.5, 0.6) is 0 Å². The molecule has 3 rings (SSSR count). The number of esters is 1. The molecule has 0 aliphatic heterocycles. The molecule has 1 saturated carbocycles. The highest BCUT2D eigenvalue weighted by molar-refractivity contribution is 6.06. The summed E-state index contributed by atoms with van der Waals surface area (Å²) in [6.07, 6.45) is 1.81. The molecule has 1 aliphatic rings. The molecule has 6 nitrogen and oxygen atoms in total. The van der Waals surface area contributed by atoms with Crippen LogP contribution in [-0.2, 0) is 4.74 Å². The lowest BCUT2D eigenvalue weighted by Gasteiger charge is -2.22. The van der Waals surface area contributed by atoms with E-state index in [9.17, 15) is 14.4 Å². The lowest BCUT2D eigenvalue weighted by atomic mass is 10.0. The number of aromatic nitrogens is 1. The van der Waals surface area contributed by atoms with E-state index in [2.05, 4.69) is 4.98 Å². The first-order chi connectivity index (χ1) is 13.3. The van der Waals surface area contributed by atoms with E-state index in [1.165, 1.54) is 0 Å². The van der Waals surface area contributed by atoms with E-state index in [0.29, 0.717) is 28.1 Å². The highest BCUT2D eigenvalue weighted by atomic mass is 16.5. The molecule has 28 heavy (non-hydrogen) atoms. The number of carbonyl (C=O) groups excluding carboxylic acids is 3. The van der Waals surface area contributed by atoms with Crippen LogP contribution in [0.1, 0.15) is 67.8 Å². The molecule has 1 heterocycles. The van der Waals surface area contributed by atoms with E-state index in [4.69, 9.17) is 4.74 Å². The summed E-state index contributed by atoms with van der Waals surface area (Å²) in [6.45, 7) is 7.45. The van der Waals surface area contributed by atoms with Crippen LogP contribution in [0.3, 0.4) is 0 Å². The van der Waals surface area contributed by atoms with Crippen molar-refractivity contribution in [2.45, 2.75) is 46.6 Å². The quantitative estimate of drug-likeness (QED) is 0.586. The predicted molar refractivity (Wildman–Crippen MR) is 106 cm³/mol. The van der Waals surface area contributed by atoms with Gasteiger partial charge in [0.05, 0.1) is 13.2 Å². The lowest BCUT2D eigenvalue weighted by molar-refractivity contribution is 0.0519. The van der Waals surface area contributed by atoms with Gasteiger partial charge in [-0.15, -0.1) is 0 Å². The molecule has 0 atom stereocenters. The standard InChI is InChI=1S/C22H26N2O4/c1-5-28-22(27)20-14(3)19(15(4)23-20)18(25)12-24(17-10-11-17)21(26)16-8-6-13(2)7-9-16/h6-9,17,23H,5,10-12H2,1-4H3. The maximum absolute atomic E-state index is 13.0. The molecule has 0 unspecified atom stereocenters. The molecule has 0 bridgehead atoms. The van der Waals surface area contributed by atoms with E-state index < -0.39 is 5.97 Å². The Kier molecular flexibility index (Phi) is 5.68. The second-order valence-electron chi connectivity index (χ2n) is 7.30. The number of rotatable bonds is 7. The first-order valence-corrected chi connectivity index (χ1v) is 9.60. The van der Waals surface area contributed by atoms with Gasteiger partial charge < -0.3 is 14.6 Å². The van der Waals surface area contributed by atoms with Crippen LogP contribution in [0.2, 0.25) is 0 Å². The Morgan fingerprint density at radius 2 is 1.75 bits per heavy atom. The number of ether oxygens (including phenoxy) is 1. The van der Waals surface area contributed by atoms with Crippen molar-refractivity contribution in [1.29, 1.82) is 0 Å². The van der Waals surface area contributed by atoms with Gasteiger partial charge in [0.1, 0.15) is 5.69 Å². The van der Waals surface area contributed by atoms with Crippen molar-refractivity contribution in [3.05, 3.63) is 57.9 Å². The number of aromatic amines is 1. The van der Waals surface area contributed by atoms with Crippen molar-refractivity contribution in [2.75, 3.05) is 13.2 Å². The van der Waals surface area contributed by atoms with Crippen molar-refractivity contribution in [3.8, 4) is 0 Å². The zero-order chi connectivity index (χ0) is 20.4. The van der Waals surface area contributed by atoms with Crippen LogP contribution in [0.15, 0.2) is 24.3 Å². The second kappa shape index (κ2) is 8.00. The zero-order valence-corrected chi connectivity index (χ0v) is 16.8. The summed E-state index contributed by atoms with van der Waals surface area (Å²) in [5.41, 5.74) is 3.61. The summed E-state index contributed by atoms with van der Waals surface area (Å²) in [4.78, 5) is 42.7. The minimum absolute atomic E-state index is 0.000818. The molecular formula is C22H26N2O4. The molecule has 6 heteroatoms. The lowest BCUT2D eigenvalue weighted by Crippen LogP contribution is -2.37. The fourth-order valence-electron chi connectivity index (χ4n) is 3.42. The first kappa shape index (κ1) is 19.9. The molecule has 1 aromatic carbocycles. The number of Topliss-reactive ketones (excluding diaryl/α,β-unsaturated/α-hetero) is 1. The molecule has 2 aromatic rings. The number of nitrogens with one attached hydrogen (secondary N) is 1. The fraction of sp³-hybridized carbons (Fsp3) is 0.409. The average molecular weight is 382 g/mol. The third kappa shape index (κ3) is 4.01. The van der Waals surface area contributed by atoms with E-state index in [0.717, 1.165) is 18.4 Å². The average Bonchev–Trinajstić information content (AvgIpc) is 3.45. The summed E-state index contributed by atoms with van der Waals surface area (Å²) in [5, 5.41) is 0. The van der Waals surface area contributed by atoms with Crippen LogP contribution in [-0.4, -0.2) is 46.7 Å². The van der Waals surface area contributed by atoms with Gasteiger partial charge in [-0.2, -0.15) is 0 Å². The number of amides is 1. The Morgan fingerprint density at radius 1 is 1.11 bits per heavy atom. The van der Waals surface area contributed by atoms with E-state index in [1.807, 2.05) is 19.1 Å². The number of ketones is 1. The molecular weight excluding hydrogens is 356 g/mol. The van der Waals surface area contributed by atoms with Gasteiger partial charge in [-0.25, -0.2) is 4.79 Å². The van der Waals surface area contributed by atoms with Crippen LogP contribution in [0, 0.1) is 20.8 Å². The van der Waals surface area contributed by atoms with Crippen LogP contribution in [0.25, 0.3) is 0 Å². The predicted octanol–water partition coefficient (Wildman–Crippen LogP) is 3.60. The molecule has 0 saturated heterocycles. The molecule has 1 amide bonds. The Balaban J connectivity index is 1.83. The van der Waals surface area contributed by atoms with Gasteiger partial charge in [-0.1, -0.05) is 17.7 Å². The van der Waals surface area contributed by atoms with E-state index in [-0.39, 0.29) is 30.9 Å². The largest absolute Gasteiger partial charge is 0.461 e. The van der Waals surface area contributed by atoms with Gasteiger partial charge in [0.25, 0.3) is 5.91 Å². The van der Waals surface area contributed by atoms with Gasteiger partial charge in [0.15, 0.2) is 5.78 Å². The molecule has 0 radical (unpaired) electrons. The van der Waals surface area contributed by atoms with Crippen molar-refractivity contribution < 1.29 is 19.1 Å². The SMILES string of the molecule is CCOC(=O)c1[nH]c(C)c(C(=O)CN(C(=O)c2ccc(C)cc2)C2CC2)c1C. The Bertz CT molecular complexity index is 907. The van der Waals surface area contributed by atoms with Gasteiger partial charge >= 0.3 is 5.97 Å². The van der Waals surface area contributed by atoms with Crippen molar-refractivity contribution >= 4 is 17.7 Å². The third-order valence-corrected chi connectivity index (χ3v) is 5.06. The van der Waals surface area contributed by atoms with Crippen molar-refractivity contribution in [3.63, 3.8) is 0 Å². The molecule has 0 spiro atoms. The Morgan fingerprint density at radius 3 is 2.32 bits per heavy atom. The van der Waals surface area contributed by atoms with Crippen LogP contribution >= 0.6 is 0 Å². The third-order valence-electron chi connectivity index (χ3n) is 5.06. The minimum atomic E-state index is -0.475. The number of nitrogens with zero attached hydrogens (tertiary/aromatic N) is 1. The Labute approximate surface area is 164 Å². The van der Waals surface area contributed by atoms with Crippen molar-refractivity contribution in [1.82, 2.24) is 9.88 Å². The highest BCUT2D eigenvalue weighted by Crippen LogP contribution is 2.29. The maximum Gasteiger partial charge on any atom is 0.355 e. The second-order valence-corrected chi connectivity index (χ2v) is 7.30. The van der Waals surface area contributed by atoms with E-state index >= 15 is 0 Å². The highest BCUT2D eigenvalue weighted by Gasteiger charge is 2.35. The first-order valence-electron chi connectivity index (χ1n) is 9.60. The maximum atomic E-state index is 13.0. The Hall–Kier alpha value is -2.89. The normalized spacial score (nSPS) is 13.3. The number of H-pyrrole nitrogens is 1. The molecule has 1 aromatic heterocycles. The topological polar surface area (TPSA) is 79.5 Å². The van der Waals surface area contributed by atoms with Crippen LogP contribution < -0.4 is 0 Å². The summed E-state index contributed by atoms with van der Waals surface area (Å²) < 4.78 is 5.05. The minimum Gasteiger partial charge on any atom is -0.461 e. The van der Waals surface area contributed by atoms with E-state index in [1.54, 1.807) is 37.8 Å². The van der Waals surface area contributed by atoms with Crippen molar-refractivity contribution in [2.24, 2.45) is 0 Å². The molecule has 1 N–H and O–H groups in total. The summed E-state index contributed by atoms with van der Waals surface area (Å²) in [6, 6.07) is 7.48. The van der Waals surface area contributed by atoms with Gasteiger partial charge in [0.2, 0.25) is 0 Å². The number of aryl methyl sites for hydroxylation is 2. The van der Waals surface area contributed by atoms with Gasteiger partial charge in [-0.3, -0.25) is 9.59 Å². The fourth-order valence-corrected chi connectivity index (χ4v) is 3.42. The summed E-state index contributed by atoms with van der Waals surface area (Å²) in [5.74, 6) is -0.779. The summed E-state index contributed by atoms with van der Waals surface area (Å²) >= 11 is 0. The van der Waals surface area contributed by atoms with Gasteiger partial charge in [-0.05, 0) is 58.2 Å². The number of hydrogen-bond acceptors (Lipinski definition) is 4. The molecule has 148 valence electrons. The zero-order valence-electron chi connectivity index (χ0n) is 16.8. The number of benzene rings is 1. The summed E-state index contributed by atoms with van der Waals surface area (Å²) in [7, 11) is 0. The monoisotopic (exact) mass is 382 g/mol.